The first-order chi connectivity index (χ1) is 8.49. The van der Waals surface area contributed by atoms with Gasteiger partial charge in [-0.3, -0.25) is 0 Å². The fourth-order valence-corrected chi connectivity index (χ4v) is 2.13. The van der Waals surface area contributed by atoms with Gasteiger partial charge in [-0.25, -0.2) is 8.78 Å². The van der Waals surface area contributed by atoms with Crippen molar-refractivity contribution in [1.82, 2.24) is 0 Å². The average molecular weight is 312 g/mol. The van der Waals surface area contributed by atoms with Crippen LogP contribution in [0.15, 0.2) is 40.9 Å². The van der Waals surface area contributed by atoms with E-state index < -0.39 is 17.7 Å². The Kier molecular flexibility index (Phi) is 3.78. The Hall–Kier alpha value is -1.26. The number of rotatable bonds is 2. The summed E-state index contributed by atoms with van der Waals surface area (Å²) in [4.78, 5) is 0. The molecule has 2 N–H and O–H groups in total. The minimum absolute atomic E-state index is 0.284. The molecular formula is C14H12BrF2N. The van der Waals surface area contributed by atoms with Gasteiger partial charge in [0.2, 0.25) is 0 Å². The Morgan fingerprint density at radius 1 is 1.11 bits per heavy atom. The highest BCUT2D eigenvalue weighted by Gasteiger charge is 2.14. The van der Waals surface area contributed by atoms with Crippen molar-refractivity contribution < 1.29 is 8.78 Å². The zero-order valence-corrected chi connectivity index (χ0v) is 11.3. The molecule has 1 nitrogen and oxygen atoms in total. The van der Waals surface area contributed by atoms with Crippen molar-refractivity contribution in [3.8, 4) is 0 Å². The van der Waals surface area contributed by atoms with E-state index in [1.807, 2.05) is 25.1 Å². The summed E-state index contributed by atoms with van der Waals surface area (Å²) < 4.78 is 27.4. The van der Waals surface area contributed by atoms with Gasteiger partial charge in [0.15, 0.2) is 0 Å². The molecule has 0 aromatic heterocycles. The van der Waals surface area contributed by atoms with Gasteiger partial charge in [0.25, 0.3) is 0 Å². The van der Waals surface area contributed by atoms with Crippen molar-refractivity contribution >= 4 is 15.9 Å². The van der Waals surface area contributed by atoms with Gasteiger partial charge in [-0.2, -0.15) is 0 Å². The fraction of sp³-hybridized carbons (Fsp3) is 0.143. The van der Waals surface area contributed by atoms with Crippen LogP contribution in [-0.2, 0) is 0 Å². The normalized spacial score (nSPS) is 12.5. The van der Waals surface area contributed by atoms with E-state index in [9.17, 15) is 8.78 Å². The third-order valence-electron chi connectivity index (χ3n) is 2.85. The molecule has 1 unspecified atom stereocenters. The van der Waals surface area contributed by atoms with Crippen LogP contribution in [0.4, 0.5) is 8.78 Å². The van der Waals surface area contributed by atoms with Crippen LogP contribution < -0.4 is 5.73 Å². The number of nitrogens with two attached hydrogens (primary N) is 1. The van der Waals surface area contributed by atoms with E-state index in [4.69, 9.17) is 5.73 Å². The maximum Gasteiger partial charge on any atom is 0.131 e. The van der Waals surface area contributed by atoms with E-state index in [2.05, 4.69) is 15.9 Å². The summed E-state index contributed by atoms with van der Waals surface area (Å²) in [6.07, 6.45) is 0. The highest BCUT2D eigenvalue weighted by atomic mass is 79.9. The molecule has 4 heteroatoms. The van der Waals surface area contributed by atoms with E-state index in [0.717, 1.165) is 21.7 Å². The molecule has 0 spiro atoms. The molecule has 0 radical (unpaired) electrons. The summed E-state index contributed by atoms with van der Waals surface area (Å²) in [6.45, 7) is 1.96. The maximum atomic E-state index is 13.6. The van der Waals surface area contributed by atoms with Gasteiger partial charge in [-0.1, -0.05) is 34.1 Å². The van der Waals surface area contributed by atoms with Crippen molar-refractivity contribution in [3.05, 3.63) is 69.2 Å². The van der Waals surface area contributed by atoms with Crippen LogP contribution in [0.3, 0.4) is 0 Å². The summed E-state index contributed by atoms with van der Waals surface area (Å²) in [5.74, 6) is -1.23. The molecule has 2 aromatic carbocycles. The zero-order valence-electron chi connectivity index (χ0n) is 9.75. The lowest BCUT2D eigenvalue weighted by atomic mass is 9.98. The first-order valence-electron chi connectivity index (χ1n) is 5.45. The predicted molar refractivity (Wildman–Crippen MR) is 71.3 cm³/mol. The largest absolute Gasteiger partial charge is 0.320 e. The number of hydrogen-bond acceptors (Lipinski definition) is 1. The molecule has 2 rings (SSSR count). The fourth-order valence-electron chi connectivity index (χ4n) is 1.74. The van der Waals surface area contributed by atoms with Gasteiger partial charge < -0.3 is 5.73 Å². The Labute approximate surface area is 113 Å². The first-order valence-corrected chi connectivity index (χ1v) is 6.25. The van der Waals surface area contributed by atoms with Crippen molar-refractivity contribution in [2.75, 3.05) is 0 Å². The van der Waals surface area contributed by atoms with Crippen molar-refractivity contribution in [2.45, 2.75) is 13.0 Å². The Morgan fingerprint density at radius 2 is 1.83 bits per heavy atom. The standard InChI is InChI=1S/C14H12BrF2N/c1-8-2-3-9(6-12(8)15)14(18)11-5-4-10(16)7-13(11)17/h2-7,14H,18H2,1H3. The summed E-state index contributed by atoms with van der Waals surface area (Å²) in [6, 6.07) is 8.42. The first kappa shape index (κ1) is 13.2. The Balaban J connectivity index is 2.41. The lowest BCUT2D eigenvalue weighted by molar-refractivity contribution is 0.566. The molecule has 94 valence electrons. The SMILES string of the molecule is Cc1ccc(C(N)c2ccc(F)cc2F)cc1Br. The molecule has 0 amide bonds. The smallest absolute Gasteiger partial charge is 0.131 e. The van der Waals surface area contributed by atoms with Crippen molar-refractivity contribution in [3.63, 3.8) is 0 Å². The van der Waals surface area contributed by atoms with Crippen LogP contribution >= 0.6 is 15.9 Å². The third kappa shape index (κ3) is 2.60. The summed E-state index contributed by atoms with van der Waals surface area (Å²) >= 11 is 3.41. The average Bonchev–Trinajstić information content (AvgIpc) is 2.32. The second-order valence-corrected chi connectivity index (χ2v) is 5.01. The van der Waals surface area contributed by atoms with E-state index in [1.165, 1.54) is 12.1 Å². The molecule has 18 heavy (non-hydrogen) atoms. The number of halogens is 3. The zero-order chi connectivity index (χ0) is 13.3. The van der Waals surface area contributed by atoms with Gasteiger partial charge in [-0.15, -0.1) is 0 Å². The molecule has 0 fully saturated rings. The highest BCUT2D eigenvalue weighted by molar-refractivity contribution is 9.10. The lowest BCUT2D eigenvalue weighted by Crippen LogP contribution is -2.14. The van der Waals surface area contributed by atoms with Gasteiger partial charge in [0.1, 0.15) is 11.6 Å². The second kappa shape index (κ2) is 5.16. The minimum Gasteiger partial charge on any atom is -0.320 e. The van der Waals surface area contributed by atoms with Crippen LogP contribution in [-0.4, -0.2) is 0 Å². The molecule has 1 atom stereocenters. The quantitative estimate of drug-likeness (QED) is 0.888. The van der Waals surface area contributed by atoms with Gasteiger partial charge in [-0.05, 0) is 30.2 Å². The topological polar surface area (TPSA) is 26.0 Å². The van der Waals surface area contributed by atoms with Gasteiger partial charge in [0.05, 0.1) is 6.04 Å². The predicted octanol–water partition coefficient (Wildman–Crippen LogP) is 4.08. The van der Waals surface area contributed by atoms with Crippen molar-refractivity contribution in [2.24, 2.45) is 5.73 Å². The van der Waals surface area contributed by atoms with Gasteiger partial charge >= 0.3 is 0 Å². The molecule has 0 saturated heterocycles. The molecule has 0 heterocycles. The molecule has 0 bridgehead atoms. The monoisotopic (exact) mass is 311 g/mol. The molecule has 2 aromatic rings. The van der Waals surface area contributed by atoms with Crippen LogP contribution in [0.25, 0.3) is 0 Å². The lowest BCUT2D eigenvalue weighted by Gasteiger charge is -2.14. The molecular weight excluding hydrogens is 300 g/mol. The summed E-state index contributed by atoms with van der Waals surface area (Å²) in [7, 11) is 0. The molecule has 0 aliphatic carbocycles. The summed E-state index contributed by atoms with van der Waals surface area (Å²) in [5.41, 5.74) is 8.14. The minimum atomic E-state index is -0.626. The maximum absolute atomic E-state index is 13.6. The molecule has 0 saturated carbocycles. The highest BCUT2D eigenvalue weighted by Crippen LogP contribution is 2.26. The van der Waals surface area contributed by atoms with E-state index in [1.54, 1.807) is 0 Å². The number of aryl methyl sites for hydroxylation is 1. The van der Waals surface area contributed by atoms with E-state index in [0.29, 0.717) is 0 Å². The van der Waals surface area contributed by atoms with Crippen LogP contribution in [0.5, 0.6) is 0 Å². The number of benzene rings is 2. The van der Waals surface area contributed by atoms with E-state index in [-0.39, 0.29) is 5.56 Å². The summed E-state index contributed by atoms with van der Waals surface area (Å²) in [5, 5.41) is 0. The molecule has 0 aliphatic heterocycles. The van der Waals surface area contributed by atoms with Crippen LogP contribution in [0.2, 0.25) is 0 Å². The third-order valence-corrected chi connectivity index (χ3v) is 3.71. The Morgan fingerprint density at radius 3 is 2.44 bits per heavy atom. The number of hydrogen-bond donors (Lipinski definition) is 1. The second-order valence-electron chi connectivity index (χ2n) is 4.15. The van der Waals surface area contributed by atoms with Crippen LogP contribution in [0, 0.1) is 18.6 Å². The Bertz CT molecular complexity index is 584. The van der Waals surface area contributed by atoms with E-state index >= 15 is 0 Å². The van der Waals surface area contributed by atoms with Gasteiger partial charge in [0, 0.05) is 16.1 Å². The van der Waals surface area contributed by atoms with Crippen molar-refractivity contribution in [1.29, 1.82) is 0 Å². The van der Waals surface area contributed by atoms with Crippen LogP contribution in [0.1, 0.15) is 22.7 Å². The molecule has 0 aliphatic rings.